The summed E-state index contributed by atoms with van der Waals surface area (Å²) in [6.45, 7) is 8.75. The molecule has 0 radical (unpaired) electrons. The lowest BCUT2D eigenvalue weighted by Gasteiger charge is -2.37. The molecule has 2 aliphatic rings. The molecule has 1 amide bonds. The number of nitrogens with zero attached hydrogens (tertiary/aromatic N) is 2. The SMILES string of the molecule is C=C(C)OC(=O)N1CC(Oc2ccc(CN3CCCC3)c(F)c2)C1. The lowest BCUT2D eigenvalue weighted by Crippen LogP contribution is -2.56. The first-order chi connectivity index (χ1) is 11.5. The van der Waals surface area contributed by atoms with Gasteiger partial charge in [0.2, 0.25) is 0 Å². The van der Waals surface area contributed by atoms with E-state index in [4.69, 9.17) is 9.47 Å². The third kappa shape index (κ3) is 4.06. The van der Waals surface area contributed by atoms with Crippen molar-refractivity contribution in [3.8, 4) is 5.75 Å². The smallest absolute Gasteiger partial charge is 0.415 e. The van der Waals surface area contributed by atoms with Gasteiger partial charge in [0.15, 0.2) is 0 Å². The molecule has 0 bridgehead atoms. The molecule has 0 saturated carbocycles. The van der Waals surface area contributed by atoms with E-state index in [0.717, 1.165) is 13.1 Å². The molecule has 24 heavy (non-hydrogen) atoms. The van der Waals surface area contributed by atoms with E-state index < -0.39 is 6.09 Å². The number of halogens is 1. The summed E-state index contributed by atoms with van der Waals surface area (Å²) in [4.78, 5) is 15.4. The fourth-order valence-corrected chi connectivity index (χ4v) is 2.98. The first-order valence-corrected chi connectivity index (χ1v) is 8.31. The molecule has 5 nitrogen and oxygen atoms in total. The number of benzene rings is 1. The van der Waals surface area contributed by atoms with Crippen molar-refractivity contribution in [2.75, 3.05) is 26.2 Å². The van der Waals surface area contributed by atoms with Gasteiger partial charge in [-0.1, -0.05) is 12.6 Å². The number of ether oxygens (including phenoxy) is 2. The van der Waals surface area contributed by atoms with Crippen molar-refractivity contribution in [1.82, 2.24) is 9.80 Å². The summed E-state index contributed by atoms with van der Waals surface area (Å²) < 4.78 is 24.9. The number of rotatable bonds is 5. The van der Waals surface area contributed by atoms with Gasteiger partial charge >= 0.3 is 6.09 Å². The van der Waals surface area contributed by atoms with Gasteiger partial charge in [-0.15, -0.1) is 0 Å². The number of carbonyl (C=O) groups is 1. The number of carbonyl (C=O) groups excluding carboxylic acids is 1. The van der Waals surface area contributed by atoms with Crippen LogP contribution in [0.25, 0.3) is 0 Å². The van der Waals surface area contributed by atoms with Crippen molar-refractivity contribution in [3.63, 3.8) is 0 Å². The van der Waals surface area contributed by atoms with Crippen molar-refractivity contribution in [1.29, 1.82) is 0 Å². The van der Waals surface area contributed by atoms with Crippen molar-refractivity contribution in [2.24, 2.45) is 0 Å². The highest BCUT2D eigenvalue weighted by atomic mass is 19.1. The second-order valence-electron chi connectivity index (χ2n) is 6.45. The van der Waals surface area contributed by atoms with E-state index in [9.17, 15) is 9.18 Å². The van der Waals surface area contributed by atoms with Gasteiger partial charge in [0, 0.05) is 18.2 Å². The van der Waals surface area contributed by atoms with Crippen LogP contribution in [0, 0.1) is 5.82 Å². The van der Waals surface area contributed by atoms with Gasteiger partial charge in [-0.05, 0) is 38.9 Å². The van der Waals surface area contributed by atoms with Crippen molar-refractivity contribution in [2.45, 2.75) is 32.4 Å². The van der Waals surface area contributed by atoms with Crippen LogP contribution in [-0.4, -0.2) is 48.2 Å². The quantitative estimate of drug-likeness (QED) is 0.776. The van der Waals surface area contributed by atoms with Crippen LogP contribution in [0.15, 0.2) is 30.5 Å². The van der Waals surface area contributed by atoms with Gasteiger partial charge in [0.25, 0.3) is 0 Å². The fourth-order valence-electron chi connectivity index (χ4n) is 2.98. The van der Waals surface area contributed by atoms with Gasteiger partial charge in [-0.3, -0.25) is 4.90 Å². The molecule has 1 aromatic rings. The molecular weight excluding hydrogens is 311 g/mol. The lowest BCUT2D eigenvalue weighted by atomic mass is 10.1. The predicted octanol–water partition coefficient (Wildman–Crippen LogP) is 3.15. The summed E-state index contributed by atoms with van der Waals surface area (Å²) in [6.07, 6.45) is 1.82. The zero-order chi connectivity index (χ0) is 17.1. The minimum Gasteiger partial charge on any atom is -0.487 e. The standard InChI is InChI=1S/C18H23FN2O3/c1-13(2)23-18(22)21-11-16(12-21)24-15-6-5-14(17(19)9-15)10-20-7-3-4-8-20/h5-6,9,16H,1,3-4,7-8,10-12H2,2H3. The molecule has 0 spiro atoms. The van der Waals surface area contributed by atoms with Gasteiger partial charge in [0.05, 0.1) is 18.8 Å². The Morgan fingerprint density at radius 3 is 2.67 bits per heavy atom. The molecule has 130 valence electrons. The number of amides is 1. The van der Waals surface area contributed by atoms with E-state index in [1.807, 2.05) is 0 Å². The summed E-state index contributed by atoms with van der Waals surface area (Å²) in [5.41, 5.74) is 0.699. The van der Waals surface area contributed by atoms with Crippen LogP contribution in [0.3, 0.4) is 0 Å². The lowest BCUT2D eigenvalue weighted by molar-refractivity contribution is 0.0201. The molecule has 2 aliphatic heterocycles. The maximum absolute atomic E-state index is 14.2. The number of hydrogen-bond acceptors (Lipinski definition) is 4. The molecule has 0 aromatic heterocycles. The molecule has 0 atom stereocenters. The van der Waals surface area contributed by atoms with Crippen LogP contribution in [0.5, 0.6) is 5.75 Å². The van der Waals surface area contributed by atoms with Gasteiger partial charge in [0.1, 0.15) is 17.7 Å². The molecule has 0 aliphatic carbocycles. The molecule has 0 unspecified atom stereocenters. The van der Waals surface area contributed by atoms with E-state index >= 15 is 0 Å². The van der Waals surface area contributed by atoms with E-state index in [1.165, 1.54) is 23.8 Å². The van der Waals surface area contributed by atoms with E-state index in [-0.39, 0.29) is 11.9 Å². The normalized spacial score (nSPS) is 18.3. The molecule has 3 rings (SSSR count). The highest BCUT2D eigenvalue weighted by Gasteiger charge is 2.33. The maximum Gasteiger partial charge on any atom is 0.415 e. The number of likely N-dealkylation sites (tertiary alicyclic amines) is 2. The third-order valence-corrected chi connectivity index (χ3v) is 4.29. The molecular formula is C18H23FN2O3. The van der Waals surface area contributed by atoms with E-state index in [0.29, 0.717) is 36.7 Å². The van der Waals surface area contributed by atoms with Crippen LogP contribution in [0.1, 0.15) is 25.3 Å². The number of allylic oxidation sites excluding steroid dienone is 1. The topological polar surface area (TPSA) is 42.0 Å². The second-order valence-corrected chi connectivity index (χ2v) is 6.45. The van der Waals surface area contributed by atoms with Gasteiger partial charge < -0.3 is 14.4 Å². The summed E-state index contributed by atoms with van der Waals surface area (Å²) in [5.74, 6) is 0.618. The fraction of sp³-hybridized carbons (Fsp3) is 0.500. The Hall–Kier alpha value is -2.08. The third-order valence-electron chi connectivity index (χ3n) is 4.29. The maximum atomic E-state index is 14.2. The molecule has 2 fully saturated rings. The molecule has 0 N–H and O–H groups in total. The zero-order valence-electron chi connectivity index (χ0n) is 14.0. The van der Waals surface area contributed by atoms with E-state index in [2.05, 4.69) is 11.5 Å². The minimum atomic E-state index is -0.422. The van der Waals surface area contributed by atoms with Crippen molar-refractivity contribution < 1.29 is 18.7 Å². The largest absolute Gasteiger partial charge is 0.487 e. The van der Waals surface area contributed by atoms with Crippen molar-refractivity contribution in [3.05, 3.63) is 41.9 Å². The Bertz CT molecular complexity index is 623. The minimum absolute atomic E-state index is 0.133. The monoisotopic (exact) mass is 334 g/mol. The first kappa shape index (κ1) is 16.8. The van der Waals surface area contributed by atoms with Gasteiger partial charge in [-0.25, -0.2) is 9.18 Å². The Labute approximate surface area is 141 Å². The second kappa shape index (κ2) is 7.21. The molecule has 2 heterocycles. The average molecular weight is 334 g/mol. The highest BCUT2D eigenvalue weighted by molar-refractivity contribution is 5.69. The zero-order valence-corrected chi connectivity index (χ0v) is 14.0. The summed E-state index contributed by atoms with van der Waals surface area (Å²) in [7, 11) is 0. The summed E-state index contributed by atoms with van der Waals surface area (Å²) >= 11 is 0. The summed E-state index contributed by atoms with van der Waals surface area (Å²) in [5, 5.41) is 0. The first-order valence-electron chi connectivity index (χ1n) is 8.31. The Kier molecular flexibility index (Phi) is 5.04. The van der Waals surface area contributed by atoms with E-state index in [1.54, 1.807) is 19.1 Å². The highest BCUT2D eigenvalue weighted by Crippen LogP contribution is 2.23. The summed E-state index contributed by atoms with van der Waals surface area (Å²) in [6, 6.07) is 5.01. The van der Waals surface area contributed by atoms with Crippen LogP contribution >= 0.6 is 0 Å². The Morgan fingerprint density at radius 2 is 2.04 bits per heavy atom. The van der Waals surface area contributed by atoms with Gasteiger partial charge in [-0.2, -0.15) is 0 Å². The Balaban J connectivity index is 1.49. The van der Waals surface area contributed by atoms with Crippen LogP contribution in [-0.2, 0) is 11.3 Å². The number of hydrogen-bond donors (Lipinski definition) is 0. The Morgan fingerprint density at radius 1 is 1.33 bits per heavy atom. The molecule has 6 heteroatoms. The van der Waals surface area contributed by atoms with Crippen molar-refractivity contribution >= 4 is 6.09 Å². The predicted molar refractivity (Wildman–Crippen MR) is 88.2 cm³/mol. The van der Waals surface area contributed by atoms with Crippen LogP contribution in [0.4, 0.5) is 9.18 Å². The molecule has 2 saturated heterocycles. The molecule has 1 aromatic carbocycles. The van der Waals surface area contributed by atoms with Crippen LogP contribution in [0.2, 0.25) is 0 Å². The van der Waals surface area contributed by atoms with Crippen LogP contribution < -0.4 is 4.74 Å². The average Bonchev–Trinajstić information content (AvgIpc) is 2.97.